The van der Waals surface area contributed by atoms with Crippen LogP contribution in [0.4, 0.5) is 5.69 Å². The topological polar surface area (TPSA) is 68.9 Å². The molecule has 0 saturated carbocycles. The number of hydrogen-bond donors (Lipinski definition) is 2. The average Bonchev–Trinajstić information content (AvgIpc) is 2.68. The molecule has 2 aromatic rings. The van der Waals surface area contributed by atoms with Crippen molar-refractivity contribution in [3.8, 4) is 5.75 Å². The van der Waals surface area contributed by atoms with E-state index in [9.17, 15) is 0 Å². The van der Waals surface area contributed by atoms with Crippen LogP contribution in [0.3, 0.4) is 0 Å². The molecule has 0 amide bonds. The summed E-state index contributed by atoms with van der Waals surface area (Å²) in [6.07, 6.45) is 2.25. The summed E-state index contributed by atoms with van der Waals surface area (Å²) in [4.78, 5) is 4.53. The molecule has 1 heterocycles. The van der Waals surface area contributed by atoms with Gasteiger partial charge in [-0.25, -0.2) is 0 Å². The Morgan fingerprint density at radius 3 is 2.62 bits per heavy atom. The number of ether oxygens (including phenoxy) is 2. The molecule has 3 rings (SSSR count). The number of guanidine groups is 1. The smallest absolute Gasteiger partial charge is 0.193 e. The number of benzene rings is 2. The molecule has 3 N–H and O–H groups in total. The fourth-order valence-corrected chi connectivity index (χ4v) is 3.12. The van der Waals surface area contributed by atoms with E-state index in [1.807, 2.05) is 42.5 Å². The van der Waals surface area contributed by atoms with Gasteiger partial charge in [0.15, 0.2) is 5.96 Å². The molecule has 2 aromatic carbocycles. The zero-order chi connectivity index (χ0) is 17.5. The van der Waals surface area contributed by atoms with Crippen molar-refractivity contribution in [1.82, 2.24) is 0 Å². The molecule has 1 fully saturated rings. The molecule has 5 nitrogen and oxygen atoms in total. The summed E-state index contributed by atoms with van der Waals surface area (Å²) in [7, 11) is 1.65. The van der Waals surface area contributed by atoms with Gasteiger partial charge >= 0.3 is 0 Å². The van der Waals surface area contributed by atoms with Gasteiger partial charge in [0.25, 0.3) is 0 Å². The molecule has 26 heavy (non-hydrogen) atoms. The Balaban J connectivity index is 0.00000243. The molecular formula is C20H26IN3O2. The lowest BCUT2D eigenvalue weighted by molar-refractivity contribution is -0.0249. The van der Waals surface area contributed by atoms with E-state index in [0.717, 1.165) is 30.9 Å². The zero-order valence-corrected chi connectivity index (χ0v) is 17.3. The van der Waals surface area contributed by atoms with Gasteiger partial charge in [0.05, 0.1) is 13.2 Å². The van der Waals surface area contributed by atoms with E-state index in [0.29, 0.717) is 18.4 Å². The largest absolute Gasteiger partial charge is 0.497 e. The summed E-state index contributed by atoms with van der Waals surface area (Å²) >= 11 is 0. The van der Waals surface area contributed by atoms with Gasteiger partial charge in [0.2, 0.25) is 0 Å². The lowest BCUT2D eigenvalue weighted by Crippen LogP contribution is -2.28. The Morgan fingerprint density at radius 1 is 1.19 bits per heavy atom. The van der Waals surface area contributed by atoms with Gasteiger partial charge in [-0.05, 0) is 42.7 Å². The average molecular weight is 467 g/mol. The first-order valence-corrected chi connectivity index (χ1v) is 8.64. The maximum atomic E-state index is 6.04. The van der Waals surface area contributed by atoms with Crippen LogP contribution >= 0.6 is 24.0 Å². The quantitative estimate of drug-likeness (QED) is 0.393. The Labute approximate surface area is 172 Å². The van der Waals surface area contributed by atoms with Crippen molar-refractivity contribution in [2.45, 2.75) is 18.9 Å². The number of rotatable bonds is 5. The second kappa shape index (κ2) is 10.4. The fourth-order valence-electron chi connectivity index (χ4n) is 3.12. The van der Waals surface area contributed by atoms with Crippen molar-refractivity contribution < 1.29 is 9.47 Å². The van der Waals surface area contributed by atoms with Crippen LogP contribution in [-0.4, -0.2) is 26.2 Å². The Kier molecular flexibility index (Phi) is 8.18. The van der Waals surface area contributed by atoms with Crippen molar-refractivity contribution in [2.75, 3.05) is 25.6 Å². The molecule has 0 aliphatic carbocycles. The summed E-state index contributed by atoms with van der Waals surface area (Å²) in [6, 6.07) is 18.0. The minimum absolute atomic E-state index is 0. The summed E-state index contributed by atoms with van der Waals surface area (Å²) < 4.78 is 11.2. The van der Waals surface area contributed by atoms with Gasteiger partial charge < -0.3 is 20.5 Å². The standard InChI is InChI=1S/C20H25N3O2.HI/c1-24-18-11-9-17(10-12-18)23-20(21)22-14-16-8-5-13-25-19(16)15-6-3-2-4-7-15;/h2-4,6-7,9-12,16,19H,5,8,13-14H2,1H3,(H3,21,22,23);1H. The number of nitrogens with two attached hydrogens (primary N) is 1. The maximum absolute atomic E-state index is 6.04. The lowest BCUT2D eigenvalue weighted by atomic mass is 9.89. The van der Waals surface area contributed by atoms with Crippen molar-refractivity contribution in [1.29, 1.82) is 0 Å². The van der Waals surface area contributed by atoms with E-state index >= 15 is 0 Å². The third kappa shape index (κ3) is 5.60. The van der Waals surface area contributed by atoms with Crippen LogP contribution in [0.2, 0.25) is 0 Å². The molecule has 0 aromatic heterocycles. The molecule has 140 valence electrons. The van der Waals surface area contributed by atoms with E-state index in [-0.39, 0.29) is 30.1 Å². The number of hydrogen-bond acceptors (Lipinski definition) is 3. The molecule has 0 bridgehead atoms. The number of anilines is 1. The van der Waals surface area contributed by atoms with Crippen LogP contribution in [0.15, 0.2) is 59.6 Å². The third-order valence-electron chi connectivity index (χ3n) is 4.43. The van der Waals surface area contributed by atoms with E-state index in [1.165, 1.54) is 5.56 Å². The minimum atomic E-state index is 0. The molecule has 1 saturated heterocycles. The van der Waals surface area contributed by atoms with Crippen LogP contribution in [0.1, 0.15) is 24.5 Å². The molecule has 2 unspecified atom stereocenters. The highest BCUT2D eigenvalue weighted by atomic mass is 127. The highest BCUT2D eigenvalue weighted by Crippen LogP contribution is 2.33. The maximum Gasteiger partial charge on any atom is 0.193 e. The van der Waals surface area contributed by atoms with Crippen molar-refractivity contribution in [2.24, 2.45) is 16.6 Å². The number of nitrogens with one attached hydrogen (secondary N) is 1. The highest BCUT2D eigenvalue weighted by Gasteiger charge is 2.27. The molecule has 1 aliphatic heterocycles. The Morgan fingerprint density at radius 2 is 1.92 bits per heavy atom. The van der Waals surface area contributed by atoms with Crippen LogP contribution in [-0.2, 0) is 4.74 Å². The van der Waals surface area contributed by atoms with E-state index < -0.39 is 0 Å². The molecule has 6 heteroatoms. The van der Waals surface area contributed by atoms with Crippen LogP contribution in [0.5, 0.6) is 5.75 Å². The summed E-state index contributed by atoms with van der Waals surface area (Å²) in [5, 5.41) is 3.12. The predicted molar refractivity (Wildman–Crippen MR) is 116 cm³/mol. The van der Waals surface area contributed by atoms with Crippen molar-refractivity contribution in [3.05, 3.63) is 60.2 Å². The molecule has 0 spiro atoms. The number of halogens is 1. The van der Waals surface area contributed by atoms with Gasteiger partial charge in [-0.3, -0.25) is 4.99 Å². The summed E-state index contributed by atoms with van der Waals surface area (Å²) in [5.74, 6) is 1.57. The van der Waals surface area contributed by atoms with Crippen molar-refractivity contribution in [3.63, 3.8) is 0 Å². The van der Waals surface area contributed by atoms with Crippen LogP contribution in [0.25, 0.3) is 0 Å². The second-order valence-corrected chi connectivity index (χ2v) is 6.18. The van der Waals surface area contributed by atoms with E-state index in [4.69, 9.17) is 15.2 Å². The Bertz CT molecular complexity index is 692. The highest BCUT2D eigenvalue weighted by molar-refractivity contribution is 14.0. The van der Waals surface area contributed by atoms with Crippen LogP contribution < -0.4 is 15.8 Å². The third-order valence-corrected chi connectivity index (χ3v) is 4.43. The van der Waals surface area contributed by atoms with E-state index in [1.54, 1.807) is 7.11 Å². The van der Waals surface area contributed by atoms with Gasteiger partial charge in [-0.1, -0.05) is 30.3 Å². The van der Waals surface area contributed by atoms with Crippen LogP contribution in [0, 0.1) is 5.92 Å². The predicted octanol–water partition coefficient (Wildman–Crippen LogP) is 4.21. The first-order chi connectivity index (χ1) is 12.3. The second-order valence-electron chi connectivity index (χ2n) is 6.18. The molecular weight excluding hydrogens is 441 g/mol. The van der Waals surface area contributed by atoms with E-state index in [2.05, 4.69) is 22.4 Å². The molecule has 2 atom stereocenters. The zero-order valence-electron chi connectivity index (χ0n) is 14.9. The number of nitrogens with zero attached hydrogens (tertiary/aromatic N) is 1. The van der Waals surface area contributed by atoms with Gasteiger partial charge in [-0.2, -0.15) is 0 Å². The Hall–Kier alpha value is -1.80. The first kappa shape index (κ1) is 20.5. The van der Waals surface area contributed by atoms with Crippen molar-refractivity contribution >= 4 is 35.6 Å². The summed E-state index contributed by atoms with van der Waals surface area (Å²) in [5.41, 5.74) is 8.15. The fraction of sp³-hybridized carbons (Fsp3) is 0.350. The molecule has 1 aliphatic rings. The minimum Gasteiger partial charge on any atom is -0.497 e. The SMILES string of the molecule is COc1ccc(NC(N)=NCC2CCCOC2c2ccccc2)cc1.I. The monoisotopic (exact) mass is 467 g/mol. The van der Waals surface area contributed by atoms with Gasteiger partial charge in [-0.15, -0.1) is 24.0 Å². The number of methoxy groups -OCH3 is 1. The van der Waals surface area contributed by atoms with Gasteiger partial charge in [0.1, 0.15) is 5.75 Å². The summed E-state index contributed by atoms with van der Waals surface area (Å²) in [6.45, 7) is 1.45. The lowest BCUT2D eigenvalue weighted by Gasteiger charge is -2.31. The number of aliphatic imine (C=N–C) groups is 1. The first-order valence-electron chi connectivity index (χ1n) is 8.64. The van der Waals surface area contributed by atoms with Gasteiger partial charge in [0, 0.05) is 24.8 Å². The normalized spacial score (nSPS) is 20.1. The molecule has 0 radical (unpaired) electrons.